The molecule has 0 aromatic heterocycles. The van der Waals surface area contributed by atoms with Gasteiger partial charge in [-0.05, 0) is 31.6 Å². The number of aliphatic hydroxyl groups excluding tert-OH is 1. The van der Waals surface area contributed by atoms with Gasteiger partial charge in [-0.25, -0.2) is 8.42 Å². The molecule has 5 nitrogen and oxygen atoms in total. The normalized spacial score (nSPS) is 42.6. The van der Waals surface area contributed by atoms with Gasteiger partial charge in [0.2, 0.25) is 0 Å². The Bertz CT molecular complexity index is 440. The maximum absolute atomic E-state index is 12.2. The molecule has 4 atom stereocenters. The summed E-state index contributed by atoms with van der Waals surface area (Å²) >= 11 is 0. The Hall–Kier alpha value is -0.170. The lowest BCUT2D eigenvalue weighted by molar-refractivity contribution is -0.116. The van der Waals surface area contributed by atoms with Gasteiger partial charge in [0.1, 0.15) is 0 Å². The molecule has 0 aromatic carbocycles. The quantitative estimate of drug-likeness (QED) is 0.820. The van der Waals surface area contributed by atoms with Crippen LogP contribution >= 0.6 is 0 Å². The Morgan fingerprint density at radius 2 is 2.05 bits per heavy atom. The van der Waals surface area contributed by atoms with Gasteiger partial charge in [-0.1, -0.05) is 6.42 Å². The van der Waals surface area contributed by atoms with E-state index < -0.39 is 21.2 Å². The van der Waals surface area contributed by atoms with E-state index in [9.17, 15) is 13.5 Å². The van der Waals surface area contributed by atoms with Gasteiger partial charge in [-0.2, -0.15) is 0 Å². The minimum absolute atomic E-state index is 0.0170. The van der Waals surface area contributed by atoms with Crippen molar-refractivity contribution in [2.24, 2.45) is 5.92 Å². The highest BCUT2D eigenvalue weighted by atomic mass is 32.2. The lowest BCUT2D eigenvalue weighted by Gasteiger charge is -2.41. The van der Waals surface area contributed by atoms with Crippen molar-refractivity contribution in [3.8, 4) is 0 Å². The fourth-order valence-corrected chi connectivity index (χ4v) is 5.97. The molecule has 3 fully saturated rings. The van der Waals surface area contributed by atoms with E-state index in [1.54, 1.807) is 0 Å². The van der Waals surface area contributed by atoms with Crippen LogP contribution in [0.4, 0.5) is 0 Å². The molecule has 0 aliphatic carbocycles. The smallest absolute Gasteiger partial charge is 0.155 e. The highest BCUT2D eigenvalue weighted by Crippen LogP contribution is 2.39. The molecular formula is C14H24O5S. The second-order valence-electron chi connectivity index (χ2n) is 6.48. The van der Waals surface area contributed by atoms with Gasteiger partial charge in [0.15, 0.2) is 9.84 Å². The molecule has 3 aliphatic rings. The number of sulfone groups is 1. The standard InChI is InChI=1S/C14H24O5S/c15-13(12-3-1-2-8-20(12,16)17)11-4-6-19-14(9-11)5-7-18-10-14/h11-13,15H,1-10H2. The van der Waals surface area contributed by atoms with Gasteiger partial charge < -0.3 is 14.6 Å². The molecule has 3 saturated heterocycles. The van der Waals surface area contributed by atoms with E-state index in [0.29, 0.717) is 26.2 Å². The summed E-state index contributed by atoms with van der Waals surface area (Å²) in [4.78, 5) is 0. The molecule has 4 unspecified atom stereocenters. The molecule has 3 aliphatic heterocycles. The zero-order valence-corrected chi connectivity index (χ0v) is 12.6. The van der Waals surface area contributed by atoms with Crippen LogP contribution in [0, 0.1) is 5.92 Å². The summed E-state index contributed by atoms with van der Waals surface area (Å²) in [5.41, 5.74) is -0.275. The van der Waals surface area contributed by atoms with E-state index in [1.165, 1.54) is 0 Å². The summed E-state index contributed by atoms with van der Waals surface area (Å²) in [7, 11) is -3.13. The van der Waals surface area contributed by atoms with Crippen LogP contribution in [0.15, 0.2) is 0 Å². The van der Waals surface area contributed by atoms with E-state index in [1.807, 2.05) is 0 Å². The minimum Gasteiger partial charge on any atom is -0.391 e. The van der Waals surface area contributed by atoms with E-state index in [0.717, 1.165) is 32.1 Å². The van der Waals surface area contributed by atoms with Crippen LogP contribution < -0.4 is 0 Å². The predicted molar refractivity (Wildman–Crippen MR) is 74.3 cm³/mol. The summed E-state index contributed by atoms with van der Waals surface area (Å²) in [6.45, 7) is 1.87. The molecule has 0 radical (unpaired) electrons. The highest BCUT2D eigenvalue weighted by molar-refractivity contribution is 7.92. The summed E-state index contributed by atoms with van der Waals surface area (Å²) in [6, 6.07) is 0. The maximum Gasteiger partial charge on any atom is 0.155 e. The van der Waals surface area contributed by atoms with Gasteiger partial charge in [-0.15, -0.1) is 0 Å². The van der Waals surface area contributed by atoms with Crippen LogP contribution in [0.5, 0.6) is 0 Å². The Morgan fingerprint density at radius 3 is 2.75 bits per heavy atom. The first-order valence-electron chi connectivity index (χ1n) is 7.64. The number of hydrogen-bond acceptors (Lipinski definition) is 5. The minimum atomic E-state index is -3.13. The molecule has 0 aromatic rings. The third kappa shape index (κ3) is 2.75. The van der Waals surface area contributed by atoms with Gasteiger partial charge >= 0.3 is 0 Å². The van der Waals surface area contributed by atoms with Crippen molar-refractivity contribution < 1.29 is 23.0 Å². The fraction of sp³-hybridized carbons (Fsp3) is 1.00. The van der Waals surface area contributed by atoms with E-state index in [4.69, 9.17) is 9.47 Å². The Labute approximate surface area is 120 Å². The molecule has 1 N–H and O–H groups in total. The van der Waals surface area contributed by atoms with Crippen LogP contribution in [0.25, 0.3) is 0 Å². The monoisotopic (exact) mass is 304 g/mol. The van der Waals surface area contributed by atoms with Crippen LogP contribution in [0.1, 0.15) is 38.5 Å². The highest BCUT2D eigenvalue weighted by Gasteiger charge is 2.46. The van der Waals surface area contributed by atoms with E-state index in [-0.39, 0.29) is 17.3 Å². The van der Waals surface area contributed by atoms with Gasteiger partial charge in [0, 0.05) is 19.6 Å². The van der Waals surface area contributed by atoms with Crippen molar-refractivity contribution in [3.63, 3.8) is 0 Å². The second-order valence-corrected chi connectivity index (χ2v) is 8.82. The number of rotatable bonds is 2. The second kappa shape index (κ2) is 5.55. The zero-order chi connectivity index (χ0) is 14.2. The molecule has 116 valence electrons. The molecule has 0 saturated carbocycles. The fourth-order valence-electron chi connectivity index (χ4n) is 3.89. The lowest BCUT2D eigenvalue weighted by Crippen LogP contribution is -2.49. The van der Waals surface area contributed by atoms with Crippen molar-refractivity contribution in [1.82, 2.24) is 0 Å². The summed E-state index contributed by atoms with van der Waals surface area (Å²) in [5.74, 6) is 0.245. The summed E-state index contributed by atoms with van der Waals surface area (Å²) in [5, 5.41) is 10.0. The molecule has 20 heavy (non-hydrogen) atoms. The van der Waals surface area contributed by atoms with Crippen molar-refractivity contribution >= 4 is 9.84 Å². The summed E-state index contributed by atoms with van der Waals surface area (Å²) < 4.78 is 35.6. The van der Waals surface area contributed by atoms with Gasteiger partial charge in [0.25, 0.3) is 0 Å². The van der Waals surface area contributed by atoms with Crippen molar-refractivity contribution in [2.45, 2.75) is 55.5 Å². The molecule has 1 spiro atoms. The maximum atomic E-state index is 12.2. The summed E-state index contributed by atoms with van der Waals surface area (Å²) in [6.07, 6.45) is 3.81. The molecule has 0 bridgehead atoms. The average Bonchev–Trinajstić information content (AvgIpc) is 2.85. The zero-order valence-electron chi connectivity index (χ0n) is 11.8. The average molecular weight is 304 g/mol. The largest absolute Gasteiger partial charge is 0.391 e. The Morgan fingerprint density at radius 1 is 1.20 bits per heavy atom. The predicted octanol–water partition coefficient (Wildman–Crippen LogP) is 0.900. The van der Waals surface area contributed by atoms with Crippen LogP contribution in [-0.4, -0.2) is 56.1 Å². The Balaban J connectivity index is 1.71. The first-order chi connectivity index (χ1) is 9.53. The first-order valence-corrected chi connectivity index (χ1v) is 9.35. The van der Waals surface area contributed by atoms with E-state index >= 15 is 0 Å². The van der Waals surface area contributed by atoms with Gasteiger partial charge in [-0.3, -0.25) is 0 Å². The van der Waals surface area contributed by atoms with Crippen LogP contribution in [-0.2, 0) is 19.3 Å². The van der Waals surface area contributed by atoms with Crippen molar-refractivity contribution in [2.75, 3.05) is 25.6 Å². The topological polar surface area (TPSA) is 72.8 Å². The lowest BCUT2D eigenvalue weighted by atomic mass is 9.80. The molecule has 3 heterocycles. The number of hydrogen-bond donors (Lipinski definition) is 1. The van der Waals surface area contributed by atoms with E-state index in [2.05, 4.69) is 0 Å². The van der Waals surface area contributed by atoms with Crippen molar-refractivity contribution in [3.05, 3.63) is 0 Å². The molecular weight excluding hydrogens is 280 g/mol. The molecule has 3 rings (SSSR count). The molecule has 0 amide bonds. The Kier molecular flexibility index (Phi) is 4.10. The van der Waals surface area contributed by atoms with Crippen molar-refractivity contribution in [1.29, 1.82) is 0 Å². The third-order valence-electron chi connectivity index (χ3n) is 5.09. The third-order valence-corrected chi connectivity index (χ3v) is 7.39. The first kappa shape index (κ1) is 14.8. The van der Waals surface area contributed by atoms with Crippen LogP contribution in [0.2, 0.25) is 0 Å². The van der Waals surface area contributed by atoms with Gasteiger partial charge in [0.05, 0.1) is 29.3 Å². The number of ether oxygens (including phenoxy) is 2. The SMILES string of the molecule is O=S1(=O)CCCCC1C(O)C1CCOC2(CCOC2)C1. The number of aliphatic hydroxyl groups is 1. The van der Waals surface area contributed by atoms with Crippen LogP contribution in [0.3, 0.4) is 0 Å². The molecule has 6 heteroatoms.